The summed E-state index contributed by atoms with van der Waals surface area (Å²) in [7, 11) is 0. The Morgan fingerprint density at radius 1 is 0.868 bits per heavy atom. The second-order valence-electron chi connectivity index (χ2n) is 10.1. The van der Waals surface area contributed by atoms with Gasteiger partial charge in [-0.2, -0.15) is 13.2 Å². The first-order valence-corrected chi connectivity index (χ1v) is 12.4. The Kier molecular flexibility index (Phi) is 8.58. The van der Waals surface area contributed by atoms with Crippen molar-refractivity contribution >= 4 is 35.0 Å². The van der Waals surface area contributed by atoms with Crippen LogP contribution in [0.2, 0.25) is 10.0 Å². The van der Waals surface area contributed by atoms with Gasteiger partial charge in [0, 0.05) is 12.0 Å². The van der Waals surface area contributed by atoms with Gasteiger partial charge >= 0.3 is 12.1 Å². The summed E-state index contributed by atoms with van der Waals surface area (Å²) in [6, 6.07) is 10.7. The van der Waals surface area contributed by atoms with E-state index >= 15 is 0 Å². The third-order valence-corrected chi connectivity index (χ3v) is 6.29. The number of hydrogen-bond acceptors (Lipinski definition) is 5. The lowest BCUT2D eigenvalue weighted by Gasteiger charge is -2.29. The van der Waals surface area contributed by atoms with Crippen LogP contribution in [0, 0.1) is 0 Å². The van der Waals surface area contributed by atoms with E-state index in [1.807, 2.05) is 0 Å². The lowest BCUT2D eigenvalue weighted by molar-refractivity contribution is -0.170. The molecular weight excluding hydrogens is 544 g/mol. The van der Waals surface area contributed by atoms with Crippen LogP contribution in [0.15, 0.2) is 52.9 Å². The molecule has 0 amide bonds. The van der Waals surface area contributed by atoms with Crippen molar-refractivity contribution < 1.29 is 36.7 Å². The van der Waals surface area contributed by atoms with Gasteiger partial charge in [-0.15, -0.1) is 0 Å². The lowest BCUT2D eigenvalue weighted by atomic mass is 10.1. The van der Waals surface area contributed by atoms with E-state index in [1.165, 1.54) is 24.3 Å². The molecule has 0 unspecified atom stereocenters. The van der Waals surface area contributed by atoms with E-state index in [-0.39, 0.29) is 45.9 Å². The molecule has 0 saturated heterocycles. The summed E-state index contributed by atoms with van der Waals surface area (Å²) >= 11 is 12.8. The highest BCUT2D eigenvalue weighted by Gasteiger charge is 2.35. The number of aryl methyl sites for hydroxylation is 1. The minimum atomic E-state index is -4.44. The van der Waals surface area contributed by atoms with Crippen LogP contribution in [-0.4, -0.2) is 23.0 Å². The van der Waals surface area contributed by atoms with Gasteiger partial charge in [0.25, 0.3) is 0 Å². The number of carbonyl (C=O) groups is 2. The minimum Gasteiger partial charge on any atom is -0.475 e. The van der Waals surface area contributed by atoms with Crippen LogP contribution in [0.4, 0.5) is 13.2 Å². The molecule has 0 aliphatic carbocycles. The van der Waals surface area contributed by atoms with E-state index in [2.05, 4.69) is 0 Å². The quantitative estimate of drug-likeness (QED) is 0.200. The van der Waals surface area contributed by atoms with Crippen molar-refractivity contribution in [2.45, 2.75) is 64.8 Å². The Labute approximate surface area is 228 Å². The zero-order valence-electron chi connectivity index (χ0n) is 21.5. The molecule has 10 heteroatoms. The van der Waals surface area contributed by atoms with Crippen molar-refractivity contribution in [3.63, 3.8) is 0 Å². The summed E-state index contributed by atoms with van der Waals surface area (Å²) < 4.78 is 55.1. The molecule has 0 bridgehead atoms. The normalized spacial score (nSPS) is 12.4. The van der Waals surface area contributed by atoms with Gasteiger partial charge in [0.1, 0.15) is 22.1 Å². The molecule has 204 valence electrons. The minimum absolute atomic E-state index is 0.0413. The monoisotopic (exact) mass is 570 g/mol. The van der Waals surface area contributed by atoms with Gasteiger partial charge in [-0.1, -0.05) is 41.4 Å². The van der Waals surface area contributed by atoms with E-state index in [9.17, 15) is 22.8 Å². The third kappa shape index (κ3) is 7.32. The second-order valence-corrected chi connectivity index (χ2v) is 10.9. The van der Waals surface area contributed by atoms with E-state index in [1.54, 1.807) is 46.8 Å². The molecule has 2 aromatic carbocycles. The highest BCUT2D eigenvalue weighted by Crippen LogP contribution is 2.38. The Balaban J connectivity index is 1.66. The van der Waals surface area contributed by atoms with Crippen molar-refractivity contribution in [1.29, 1.82) is 0 Å². The molecule has 0 aliphatic heterocycles. The summed E-state index contributed by atoms with van der Waals surface area (Å²) in [6.45, 7) is 8.36. The number of benzene rings is 2. The van der Waals surface area contributed by atoms with Crippen molar-refractivity contribution in [1.82, 2.24) is 0 Å². The molecule has 3 aromatic rings. The zero-order valence-corrected chi connectivity index (χ0v) is 23.0. The molecule has 3 rings (SSSR count). The Hall–Kier alpha value is -2.97. The average molecular weight is 571 g/mol. The summed E-state index contributed by atoms with van der Waals surface area (Å²) in [4.78, 5) is 25.2. The SMILES string of the molecule is CC(C)(C)OC(=O)C(C)(C)Oc1ccc(CCC(=O)c2ccc(-c3ccc(C(F)(F)F)cc3)o2)c(Cl)c1Cl. The van der Waals surface area contributed by atoms with Crippen LogP contribution >= 0.6 is 23.2 Å². The standard InChI is InChI=1S/C28H27Cl2F3O5/c1-26(2,3)38-25(35)27(4,5)37-22-13-9-17(23(29)24(22)30)8-12-19(34)21-15-14-20(36-21)16-6-10-18(11-7-16)28(31,32)33/h6-7,9-11,13-15H,8,12H2,1-5H3. The van der Waals surface area contributed by atoms with Crippen LogP contribution in [0.25, 0.3) is 11.3 Å². The van der Waals surface area contributed by atoms with Crippen LogP contribution in [0.1, 0.15) is 62.7 Å². The largest absolute Gasteiger partial charge is 0.475 e. The average Bonchev–Trinajstić information content (AvgIpc) is 3.30. The summed E-state index contributed by atoms with van der Waals surface area (Å²) in [6.07, 6.45) is -4.16. The van der Waals surface area contributed by atoms with E-state index in [0.29, 0.717) is 11.1 Å². The molecule has 0 radical (unpaired) electrons. The molecule has 0 fully saturated rings. The number of carbonyl (C=O) groups excluding carboxylic acids is 2. The first kappa shape index (κ1) is 29.6. The topological polar surface area (TPSA) is 65.7 Å². The molecule has 0 N–H and O–H groups in total. The van der Waals surface area contributed by atoms with E-state index in [4.69, 9.17) is 37.1 Å². The van der Waals surface area contributed by atoms with Crippen LogP contribution in [0.3, 0.4) is 0 Å². The van der Waals surface area contributed by atoms with Gasteiger partial charge in [0.05, 0.1) is 10.6 Å². The number of alkyl halides is 3. The van der Waals surface area contributed by atoms with Crippen molar-refractivity contribution in [2.75, 3.05) is 0 Å². The number of Topliss-reactive ketones (excluding diaryl/α,β-unsaturated/α-hetero) is 1. The molecule has 5 nitrogen and oxygen atoms in total. The van der Waals surface area contributed by atoms with Gasteiger partial charge in [-0.25, -0.2) is 4.79 Å². The van der Waals surface area contributed by atoms with Crippen molar-refractivity contribution in [3.05, 3.63) is 75.5 Å². The number of ketones is 1. The van der Waals surface area contributed by atoms with Gasteiger partial charge in [0.15, 0.2) is 17.1 Å². The van der Waals surface area contributed by atoms with Crippen molar-refractivity contribution in [2.24, 2.45) is 0 Å². The lowest BCUT2D eigenvalue weighted by Crippen LogP contribution is -2.43. The molecule has 1 heterocycles. The fourth-order valence-electron chi connectivity index (χ4n) is 3.40. The maximum absolute atomic E-state index is 12.8. The van der Waals surface area contributed by atoms with Crippen molar-refractivity contribution in [3.8, 4) is 17.1 Å². The van der Waals surface area contributed by atoms with Gasteiger partial charge in [0.2, 0.25) is 0 Å². The predicted molar refractivity (Wildman–Crippen MR) is 139 cm³/mol. The molecule has 0 spiro atoms. The second kappa shape index (κ2) is 11.0. The maximum atomic E-state index is 12.8. The van der Waals surface area contributed by atoms with Crippen LogP contribution < -0.4 is 4.74 Å². The third-order valence-electron chi connectivity index (χ3n) is 5.38. The van der Waals surface area contributed by atoms with Crippen LogP contribution in [-0.2, 0) is 22.1 Å². The first-order valence-electron chi connectivity index (χ1n) is 11.7. The number of halogens is 5. The predicted octanol–water partition coefficient (Wildman–Crippen LogP) is 8.59. The molecule has 38 heavy (non-hydrogen) atoms. The fourth-order valence-corrected chi connectivity index (χ4v) is 3.87. The number of esters is 1. The molecule has 1 aromatic heterocycles. The maximum Gasteiger partial charge on any atom is 0.416 e. The Bertz CT molecular complexity index is 1320. The summed E-state index contributed by atoms with van der Waals surface area (Å²) in [5.74, 6) is -0.351. The molecule has 0 aliphatic rings. The zero-order chi connectivity index (χ0) is 28.5. The Morgan fingerprint density at radius 2 is 1.50 bits per heavy atom. The highest BCUT2D eigenvalue weighted by molar-refractivity contribution is 6.43. The fraction of sp³-hybridized carbons (Fsp3) is 0.357. The molecule has 0 saturated carbocycles. The van der Waals surface area contributed by atoms with Crippen LogP contribution in [0.5, 0.6) is 5.75 Å². The first-order chi connectivity index (χ1) is 17.5. The highest BCUT2D eigenvalue weighted by atomic mass is 35.5. The number of furan rings is 1. The smallest absolute Gasteiger partial charge is 0.416 e. The number of ether oxygens (including phenoxy) is 2. The van der Waals surface area contributed by atoms with Gasteiger partial charge < -0.3 is 13.9 Å². The van der Waals surface area contributed by atoms with Gasteiger partial charge in [-0.3, -0.25) is 4.79 Å². The number of rotatable bonds is 8. The Morgan fingerprint density at radius 3 is 2.08 bits per heavy atom. The van der Waals surface area contributed by atoms with E-state index in [0.717, 1.165) is 12.1 Å². The summed E-state index contributed by atoms with van der Waals surface area (Å²) in [5, 5.41) is 0.276. The molecule has 0 atom stereocenters. The van der Waals surface area contributed by atoms with E-state index < -0.39 is 28.9 Å². The number of hydrogen-bond donors (Lipinski definition) is 0. The summed E-state index contributed by atoms with van der Waals surface area (Å²) in [5.41, 5.74) is -1.80. The van der Waals surface area contributed by atoms with Gasteiger partial charge in [-0.05, 0) is 76.9 Å². The molecular formula is C28H27Cl2F3O5.